The third kappa shape index (κ3) is 5.09. The number of halogens is 1. The van der Waals surface area contributed by atoms with E-state index in [1.807, 2.05) is 25.3 Å². The summed E-state index contributed by atoms with van der Waals surface area (Å²) in [4.78, 5) is 10.7. The van der Waals surface area contributed by atoms with Crippen LogP contribution in [-0.2, 0) is 6.54 Å². The van der Waals surface area contributed by atoms with Crippen molar-refractivity contribution in [2.24, 2.45) is 4.99 Å². The molecule has 0 aliphatic rings. The number of hydrogen-bond acceptors (Lipinski definition) is 4. The Labute approximate surface area is 147 Å². The number of nitrogens with zero attached hydrogens (tertiary/aromatic N) is 4. The number of rotatable bonds is 7. The summed E-state index contributed by atoms with van der Waals surface area (Å²) >= 11 is 5.98. The van der Waals surface area contributed by atoms with Gasteiger partial charge < -0.3 is 14.7 Å². The van der Waals surface area contributed by atoms with Crippen LogP contribution in [0.15, 0.2) is 46.4 Å². The van der Waals surface area contributed by atoms with Crippen molar-refractivity contribution in [2.45, 2.75) is 19.4 Å². The zero-order valence-electron chi connectivity index (χ0n) is 14.0. The van der Waals surface area contributed by atoms with Gasteiger partial charge in [-0.15, -0.1) is 6.58 Å². The van der Waals surface area contributed by atoms with Crippen LogP contribution in [0.4, 0.5) is 0 Å². The lowest BCUT2D eigenvalue weighted by Gasteiger charge is -2.21. The quantitative estimate of drug-likeness (QED) is 0.360. The molecule has 6 nitrogen and oxygen atoms in total. The van der Waals surface area contributed by atoms with E-state index < -0.39 is 0 Å². The van der Waals surface area contributed by atoms with Gasteiger partial charge in [-0.2, -0.15) is 4.98 Å². The zero-order valence-corrected chi connectivity index (χ0v) is 14.8. The van der Waals surface area contributed by atoms with E-state index >= 15 is 0 Å². The number of guanidine groups is 1. The minimum absolute atomic E-state index is 0.409. The molecule has 0 bridgehead atoms. The van der Waals surface area contributed by atoms with Crippen LogP contribution < -0.4 is 5.32 Å². The van der Waals surface area contributed by atoms with Gasteiger partial charge in [0.1, 0.15) is 0 Å². The Morgan fingerprint density at radius 1 is 1.50 bits per heavy atom. The molecule has 0 spiro atoms. The largest absolute Gasteiger partial charge is 0.347 e. The Bertz CT molecular complexity index is 698. The van der Waals surface area contributed by atoms with Gasteiger partial charge in [0.2, 0.25) is 11.7 Å². The number of aromatic nitrogens is 2. The molecule has 0 radical (unpaired) electrons. The third-order valence-corrected chi connectivity index (χ3v) is 3.66. The lowest BCUT2D eigenvalue weighted by Crippen LogP contribution is -2.39. The van der Waals surface area contributed by atoms with Crippen LogP contribution in [0.2, 0.25) is 5.02 Å². The summed E-state index contributed by atoms with van der Waals surface area (Å²) in [5.41, 5.74) is 0.823. The highest BCUT2D eigenvalue weighted by atomic mass is 35.5. The molecule has 0 atom stereocenters. The van der Waals surface area contributed by atoms with Crippen molar-refractivity contribution in [3.8, 4) is 11.4 Å². The lowest BCUT2D eigenvalue weighted by molar-refractivity contribution is 0.371. The summed E-state index contributed by atoms with van der Waals surface area (Å²) in [6.45, 7) is 5.03. The lowest BCUT2D eigenvalue weighted by atomic mass is 10.2. The molecule has 0 unspecified atom stereocenters. The fourth-order valence-corrected chi connectivity index (χ4v) is 2.38. The maximum Gasteiger partial charge on any atom is 0.246 e. The standard InChI is InChI=1S/C17H22ClN5O/c1-4-5-6-10-23(3)17(19-2)20-12-15-21-16(22-24-15)13-8-7-9-14(18)11-13/h4,7-9,11H,1,5-6,10,12H2,2-3H3,(H,19,20). The highest BCUT2D eigenvalue weighted by molar-refractivity contribution is 6.30. The van der Waals surface area contributed by atoms with Gasteiger partial charge in [0.25, 0.3) is 0 Å². The van der Waals surface area contributed by atoms with E-state index in [2.05, 4.69) is 31.9 Å². The van der Waals surface area contributed by atoms with Crippen molar-refractivity contribution in [3.05, 3.63) is 47.8 Å². The van der Waals surface area contributed by atoms with E-state index in [1.165, 1.54) is 0 Å². The predicted octanol–water partition coefficient (Wildman–Crippen LogP) is 3.36. The maximum atomic E-state index is 5.98. The summed E-state index contributed by atoms with van der Waals surface area (Å²) in [5.74, 6) is 1.79. The molecule has 7 heteroatoms. The van der Waals surface area contributed by atoms with E-state index in [4.69, 9.17) is 16.1 Å². The Morgan fingerprint density at radius 2 is 2.33 bits per heavy atom. The second-order valence-corrected chi connectivity index (χ2v) is 5.71. The van der Waals surface area contributed by atoms with Crippen LogP contribution in [0.3, 0.4) is 0 Å². The van der Waals surface area contributed by atoms with Gasteiger partial charge >= 0.3 is 0 Å². The van der Waals surface area contributed by atoms with Crippen LogP contribution in [-0.4, -0.2) is 41.6 Å². The molecule has 0 amide bonds. The number of unbranched alkanes of at least 4 members (excludes halogenated alkanes) is 1. The highest BCUT2D eigenvalue weighted by Gasteiger charge is 2.11. The molecule has 0 aliphatic carbocycles. The van der Waals surface area contributed by atoms with Gasteiger partial charge in [-0.1, -0.05) is 35.0 Å². The van der Waals surface area contributed by atoms with Crippen molar-refractivity contribution in [2.75, 3.05) is 20.6 Å². The van der Waals surface area contributed by atoms with Gasteiger partial charge in [0.15, 0.2) is 5.96 Å². The van der Waals surface area contributed by atoms with Gasteiger partial charge in [-0.25, -0.2) is 0 Å². The van der Waals surface area contributed by atoms with E-state index in [1.54, 1.807) is 19.2 Å². The highest BCUT2D eigenvalue weighted by Crippen LogP contribution is 2.19. The van der Waals surface area contributed by atoms with E-state index in [0.717, 1.165) is 30.9 Å². The van der Waals surface area contributed by atoms with Crippen molar-refractivity contribution in [1.29, 1.82) is 0 Å². The van der Waals surface area contributed by atoms with Crippen molar-refractivity contribution in [1.82, 2.24) is 20.4 Å². The van der Waals surface area contributed by atoms with Gasteiger partial charge in [-0.05, 0) is 25.0 Å². The normalized spacial score (nSPS) is 11.4. The Balaban J connectivity index is 1.93. The fraction of sp³-hybridized carbons (Fsp3) is 0.353. The molecule has 128 valence electrons. The summed E-state index contributed by atoms with van der Waals surface area (Å²) in [6.07, 6.45) is 3.92. The smallest absolute Gasteiger partial charge is 0.246 e. The minimum atomic E-state index is 0.409. The van der Waals surface area contributed by atoms with E-state index in [9.17, 15) is 0 Å². The summed E-state index contributed by atoms with van der Waals surface area (Å²) < 4.78 is 5.28. The summed E-state index contributed by atoms with van der Waals surface area (Å²) in [5, 5.41) is 7.84. The third-order valence-electron chi connectivity index (χ3n) is 3.42. The number of allylic oxidation sites excluding steroid dienone is 1. The van der Waals surface area contributed by atoms with Crippen molar-refractivity contribution < 1.29 is 4.52 Å². The van der Waals surface area contributed by atoms with Gasteiger partial charge in [-0.3, -0.25) is 4.99 Å². The zero-order chi connectivity index (χ0) is 17.4. The maximum absolute atomic E-state index is 5.98. The Morgan fingerprint density at radius 3 is 3.04 bits per heavy atom. The number of benzene rings is 1. The molecule has 0 fully saturated rings. The fourth-order valence-electron chi connectivity index (χ4n) is 2.19. The molecule has 2 rings (SSSR count). The van der Waals surface area contributed by atoms with Gasteiger partial charge in [0.05, 0.1) is 6.54 Å². The van der Waals surface area contributed by atoms with Crippen molar-refractivity contribution in [3.63, 3.8) is 0 Å². The molecular weight excluding hydrogens is 326 g/mol. The van der Waals surface area contributed by atoms with Gasteiger partial charge in [0, 0.05) is 31.2 Å². The molecule has 1 aromatic carbocycles. The number of hydrogen-bond donors (Lipinski definition) is 1. The number of nitrogens with one attached hydrogen (secondary N) is 1. The second kappa shape index (κ2) is 9.08. The Hall–Kier alpha value is -2.34. The first-order valence-corrected chi connectivity index (χ1v) is 8.13. The summed E-state index contributed by atoms with van der Waals surface area (Å²) in [7, 11) is 3.74. The minimum Gasteiger partial charge on any atom is -0.347 e. The monoisotopic (exact) mass is 347 g/mol. The SMILES string of the molecule is C=CCCCN(C)C(=NC)NCc1nc(-c2cccc(Cl)c2)no1. The molecule has 1 aromatic heterocycles. The van der Waals surface area contributed by atoms with E-state index in [-0.39, 0.29) is 0 Å². The second-order valence-electron chi connectivity index (χ2n) is 5.28. The molecule has 24 heavy (non-hydrogen) atoms. The summed E-state index contributed by atoms with van der Waals surface area (Å²) in [6, 6.07) is 7.35. The first-order chi connectivity index (χ1) is 11.6. The van der Waals surface area contributed by atoms with Crippen molar-refractivity contribution >= 4 is 17.6 Å². The molecule has 2 aromatic rings. The van der Waals surface area contributed by atoms with Crippen LogP contribution in [0.5, 0.6) is 0 Å². The molecule has 1 N–H and O–H groups in total. The molecule has 0 aliphatic heterocycles. The molecular formula is C17H22ClN5O. The van der Waals surface area contributed by atoms with Crippen LogP contribution in [0.25, 0.3) is 11.4 Å². The first-order valence-electron chi connectivity index (χ1n) is 7.75. The molecule has 1 heterocycles. The average Bonchev–Trinajstić information content (AvgIpc) is 3.05. The molecule has 0 saturated carbocycles. The average molecular weight is 348 g/mol. The first kappa shape index (κ1) is 18.0. The molecule has 0 saturated heterocycles. The Kier molecular flexibility index (Phi) is 6.81. The van der Waals surface area contributed by atoms with Crippen LogP contribution >= 0.6 is 11.6 Å². The van der Waals surface area contributed by atoms with E-state index in [0.29, 0.717) is 23.3 Å². The van der Waals surface area contributed by atoms with Crippen LogP contribution in [0.1, 0.15) is 18.7 Å². The predicted molar refractivity (Wildman–Crippen MR) is 97.0 cm³/mol. The number of aliphatic imine (C=N–C) groups is 1. The topological polar surface area (TPSA) is 66.5 Å². The van der Waals surface area contributed by atoms with Crippen LogP contribution in [0, 0.1) is 0 Å².